The molecular weight excluding hydrogens is 210 g/mol. The molecule has 0 saturated heterocycles. The molecule has 0 heterocycles. The Kier molecular flexibility index (Phi) is 5.13. The number of rotatable bonds is 5. The fourth-order valence-corrected chi connectivity index (χ4v) is 3.49. The second kappa shape index (κ2) is 6.14. The van der Waals surface area contributed by atoms with Gasteiger partial charge in [-0.1, -0.05) is 19.3 Å². The Bertz CT molecular complexity index is 310. The molecule has 3 nitrogen and oxygen atoms in total. The van der Waals surface area contributed by atoms with Gasteiger partial charge in [-0.05, 0) is 18.8 Å². The van der Waals surface area contributed by atoms with E-state index in [1.807, 2.05) is 0 Å². The first-order chi connectivity index (χ1) is 7.14. The summed E-state index contributed by atoms with van der Waals surface area (Å²) in [7, 11) is -3.10. The number of nitrogens with one attached hydrogen (secondary N) is 1. The van der Waals surface area contributed by atoms with Gasteiger partial charge in [-0.3, -0.25) is 0 Å². The minimum Gasteiger partial charge on any atom is -0.214 e. The molecule has 0 aromatic heterocycles. The third kappa shape index (κ3) is 5.19. The Hall–Kier alpha value is -0.530. The number of sulfonamides is 1. The van der Waals surface area contributed by atoms with Crippen molar-refractivity contribution in [3.63, 3.8) is 0 Å². The van der Waals surface area contributed by atoms with Crippen LogP contribution in [0.4, 0.5) is 0 Å². The molecule has 0 bridgehead atoms. The molecule has 0 aromatic carbocycles. The van der Waals surface area contributed by atoms with Gasteiger partial charge < -0.3 is 0 Å². The monoisotopic (exact) mass is 229 g/mol. The Balaban J connectivity index is 2.31. The van der Waals surface area contributed by atoms with Crippen LogP contribution in [0.3, 0.4) is 0 Å². The van der Waals surface area contributed by atoms with E-state index in [2.05, 4.69) is 10.6 Å². The van der Waals surface area contributed by atoms with Crippen molar-refractivity contribution in [3.05, 3.63) is 0 Å². The van der Waals surface area contributed by atoms with Crippen LogP contribution in [-0.4, -0.2) is 20.7 Å². The Morgan fingerprint density at radius 3 is 2.53 bits per heavy atom. The average molecular weight is 229 g/mol. The topological polar surface area (TPSA) is 46.2 Å². The average Bonchev–Trinajstić information content (AvgIpc) is 2.18. The van der Waals surface area contributed by atoms with E-state index in [9.17, 15) is 8.42 Å². The summed E-state index contributed by atoms with van der Waals surface area (Å²) in [6.07, 6.45) is 11.2. The Morgan fingerprint density at radius 2 is 1.93 bits per heavy atom. The van der Waals surface area contributed by atoms with Crippen LogP contribution >= 0.6 is 0 Å². The van der Waals surface area contributed by atoms with Crippen LogP contribution in [0, 0.1) is 18.3 Å². The zero-order valence-corrected chi connectivity index (χ0v) is 9.85. The van der Waals surface area contributed by atoms with E-state index in [1.165, 1.54) is 19.3 Å². The quantitative estimate of drug-likeness (QED) is 0.574. The van der Waals surface area contributed by atoms with Crippen LogP contribution in [-0.2, 0) is 10.0 Å². The van der Waals surface area contributed by atoms with E-state index in [0.29, 0.717) is 18.9 Å². The lowest BCUT2D eigenvalue weighted by atomic mass is 9.91. The van der Waals surface area contributed by atoms with Crippen molar-refractivity contribution < 1.29 is 8.42 Å². The summed E-state index contributed by atoms with van der Waals surface area (Å²) >= 11 is 0. The maximum absolute atomic E-state index is 11.6. The minimum absolute atomic E-state index is 0.275. The van der Waals surface area contributed by atoms with Crippen LogP contribution in [0.1, 0.15) is 38.5 Å². The van der Waals surface area contributed by atoms with Gasteiger partial charge in [0.25, 0.3) is 0 Å². The largest absolute Gasteiger partial charge is 0.214 e. The van der Waals surface area contributed by atoms with Gasteiger partial charge in [-0.15, -0.1) is 12.3 Å². The Labute approximate surface area is 92.7 Å². The summed E-state index contributed by atoms with van der Waals surface area (Å²) in [5, 5.41) is 0. The highest BCUT2D eigenvalue weighted by atomic mass is 32.2. The van der Waals surface area contributed by atoms with E-state index < -0.39 is 10.0 Å². The zero-order chi connectivity index (χ0) is 11.1. The maximum Gasteiger partial charge on any atom is 0.211 e. The van der Waals surface area contributed by atoms with Gasteiger partial charge in [0.2, 0.25) is 10.0 Å². The number of hydrogen-bond donors (Lipinski definition) is 1. The van der Waals surface area contributed by atoms with Crippen LogP contribution < -0.4 is 4.72 Å². The van der Waals surface area contributed by atoms with Crippen molar-refractivity contribution in [1.82, 2.24) is 4.72 Å². The van der Waals surface area contributed by atoms with Crippen LogP contribution in [0.5, 0.6) is 0 Å². The van der Waals surface area contributed by atoms with Crippen molar-refractivity contribution in [2.75, 3.05) is 12.3 Å². The second-order valence-electron chi connectivity index (χ2n) is 4.13. The van der Waals surface area contributed by atoms with Crippen LogP contribution in [0.25, 0.3) is 0 Å². The minimum atomic E-state index is -3.10. The molecule has 0 unspecified atom stereocenters. The molecule has 1 aliphatic rings. The lowest BCUT2D eigenvalue weighted by molar-refractivity contribution is 0.384. The normalized spacial score (nSPS) is 18.6. The summed E-state index contributed by atoms with van der Waals surface area (Å²) in [5.74, 6) is 3.04. The van der Waals surface area contributed by atoms with Gasteiger partial charge in [0.05, 0.1) is 5.75 Å². The van der Waals surface area contributed by atoms with Gasteiger partial charge in [0.1, 0.15) is 0 Å². The van der Waals surface area contributed by atoms with Crippen molar-refractivity contribution in [2.24, 2.45) is 5.92 Å². The molecule has 15 heavy (non-hydrogen) atoms. The molecule has 1 rings (SSSR count). The first-order valence-corrected chi connectivity index (χ1v) is 7.20. The molecule has 0 spiro atoms. The molecule has 1 fully saturated rings. The zero-order valence-electron chi connectivity index (χ0n) is 9.04. The lowest BCUT2D eigenvalue weighted by Gasteiger charge is -2.21. The fourth-order valence-electron chi connectivity index (χ4n) is 2.00. The molecule has 1 aliphatic carbocycles. The van der Waals surface area contributed by atoms with Gasteiger partial charge in [-0.25, -0.2) is 13.1 Å². The highest BCUT2D eigenvalue weighted by molar-refractivity contribution is 7.89. The van der Waals surface area contributed by atoms with Crippen LogP contribution in [0.2, 0.25) is 0 Å². The highest BCUT2D eigenvalue weighted by Crippen LogP contribution is 2.24. The third-order valence-electron chi connectivity index (χ3n) is 2.77. The summed E-state index contributed by atoms with van der Waals surface area (Å²) in [6, 6.07) is 0. The first kappa shape index (κ1) is 12.5. The molecule has 0 atom stereocenters. The predicted octanol–water partition coefficient (Wildman–Crippen LogP) is 1.51. The van der Waals surface area contributed by atoms with Crippen molar-refractivity contribution in [1.29, 1.82) is 0 Å². The van der Waals surface area contributed by atoms with Gasteiger partial charge in [-0.2, -0.15) is 0 Å². The van der Waals surface area contributed by atoms with E-state index in [-0.39, 0.29) is 5.75 Å². The van der Waals surface area contributed by atoms with Crippen molar-refractivity contribution in [3.8, 4) is 12.3 Å². The van der Waals surface area contributed by atoms with Gasteiger partial charge >= 0.3 is 0 Å². The number of terminal acetylenes is 1. The van der Waals surface area contributed by atoms with E-state index in [4.69, 9.17) is 6.42 Å². The van der Waals surface area contributed by atoms with Gasteiger partial charge in [0.15, 0.2) is 0 Å². The third-order valence-corrected chi connectivity index (χ3v) is 4.33. The summed E-state index contributed by atoms with van der Waals surface area (Å²) in [6.45, 7) is 0.367. The standard InChI is InChI=1S/C11H19NO2S/c1-2-3-9-12-15(13,14)10-11-7-5-4-6-8-11/h1,11-12H,3-10H2. The molecule has 1 N–H and O–H groups in total. The lowest BCUT2D eigenvalue weighted by Crippen LogP contribution is -2.31. The fraction of sp³-hybridized carbons (Fsp3) is 0.818. The molecule has 86 valence electrons. The molecule has 0 aromatic rings. The van der Waals surface area contributed by atoms with E-state index >= 15 is 0 Å². The smallest absolute Gasteiger partial charge is 0.211 e. The Morgan fingerprint density at radius 1 is 1.27 bits per heavy atom. The van der Waals surface area contributed by atoms with E-state index in [0.717, 1.165) is 12.8 Å². The van der Waals surface area contributed by atoms with Gasteiger partial charge in [0, 0.05) is 13.0 Å². The molecule has 0 aliphatic heterocycles. The maximum atomic E-state index is 11.6. The SMILES string of the molecule is C#CCCNS(=O)(=O)CC1CCCCC1. The van der Waals surface area contributed by atoms with E-state index in [1.54, 1.807) is 0 Å². The molecule has 1 saturated carbocycles. The number of hydrogen-bond acceptors (Lipinski definition) is 2. The first-order valence-electron chi connectivity index (χ1n) is 5.55. The molecule has 0 amide bonds. The molecular formula is C11H19NO2S. The predicted molar refractivity (Wildman–Crippen MR) is 61.8 cm³/mol. The molecule has 0 radical (unpaired) electrons. The summed E-state index contributed by atoms with van der Waals surface area (Å²) < 4.78 is 25.7. The van der Waals surface area contributed by atoms with Crippen molar-refractivity contribution >= 4 is 10.0 Å². The second-order valence-corrected chi connectivity index (χ2v) is 5.99. The summed E-state index contributed by atoms with van der Waals surface area (Å²) in [4.78, 5) is 0. The van der Waals surface area contributed by atoms with Crippen LogP contribution in [0.15, 0.2) is 0 Å². The summed E-state index contributed by atoms with van der Waals surface area (Å²) in [5.41, 5.74) is 0. The highest BCUT2D eigenvalue weighted by Gasteiger charge is 2.20. The van der Waals surface area contributed by atoms with Crippen molar-refractivity contribution in [2.45, 2.75) is 38.5 Å². The molecule has 4 heteroatoms.